The van der Waals surface area contributed by atoms with Gasteiger partial charge in [0.1, 0.15) is 5.82 Å². The number of hydrogen-bond donors (Lipinski definition) is 1. The highest BCUT2D eigenvalue weighted by atomic mass is 19.1. The average molecular weight is 266 g/mol. The minimum Gasteiger partial charge on any atom is -0.379 e. The molecule has 0 aliphatic carbocycles. The second-order valence-corrected chi connectivity index (χ2v) is 5.28. The Hall–Kier alpha value is -0.970. The van der Waals surface area contributed by atoms with Crippen molar-refractivity contribution in [1.82, 2.24) is 10.2 Å². The fourth-order valence-corrected chi connectivity index (χ4v) is 2.38. The first-order chi connectivity index (χ1) is 9.16. The number of nitrogens with one attached hydrogen (secondary N) is 1. The fourth-order valence-electron chi connectivity index (χ4n) is 2.38. The zero-order chi connectivity index (χ0) is 13.7. The maximum absolute atomic E-state index is 13.1. The van der Waals surface area contributed by atoms with Crippen molar-refractivity contribution in [3.63, 3.8) is 0 Å². The number of morpholine rings is 1. The van der Waals surface area contributed by atoms with Crippen LogP contribution in [0.2, 0.25) is 0 Å². The van der Waals surface area contributed by atoms with Gasteiger partial charge in [-0.3, -0.25) is 4.90 Å². The second kappa shape index (κ2) is 6.98. The Balaban J connectivity index is 2.10. The van der Waals surface area contributed by atoms with Crippen LogP contribution in [0, 0.1) is 5.82 Å². The molecule has 0 spiro atoms. The first-order valence-corrected chi connectivity index (χ1v) is 6.97. The molecule has 3 nitrogen and oxygen atoms in total. The smallest absolute Gasteiger partial charge is 0.123 e. The van der Waals surface area contributed by atoms with Crippen molar-refractivity contribution in [2.75, 3.05) is 32.8 Å². The molecule has 1 saturated heterocycles. The third-order valence-corrected chi connectivity index (χ3v) is 3.46. The van der Waals surface area contributed by atoms with Gasteiger partial charge in [0.05, 0.1) is 13.2 Å². The molecule has 0 amide bonds. The molecule has 0 bridgehead atoms. The normalized spacial score (nSPS) is 18.7. The van der Waals surface area contributed by atoms with Gasteiger partial charge >= 0.3 is 0 Å². The molecule has 1 aromatic rings. The van der Waals surface area contributed by atoms with E-state index in [1.807, 2.05) is 12.1 Å². The molecule has 0 aromatic heterocycles. The topological polar surface area (TPSA) is 24.5 Å². The van der Waals surface area contributed by atoms with Crippen LogP contribution in [0.5, 0.6) is 0 Å². The zero-order valence-electron chi connectivity index (χ0n) is 11.7. The fraction of sp³-hybridized carbons (Fsp3) is 0.600. The van der Waals surface area contributed by atoms with Crippen molar-refractivity contribution in [3.05, 3.63) is 35.6 Å². The number of halogens is 1. The Morgan fingerprint density at radius 2 is 1.84 bits per heavy atom. The summed E-state index contributed by atoms with van der Waals surface area (Å²) in [6.07, 6.45) is 0. The van der Waals surface area contributed by atoms with Crippen LogP contribution in [0.3, 0.4) is 0 Å². The number of hydrogen-bond acceptors (Lipinski definition) is 3. The van der Waals surface area contributed by atoms with Crippen LogP contribution in [0.4, 0.5) is 4.39 Å². The molecular formula is C15H23FN2O. The van der Waals surface area contributed by atoms with Crippen LogP contribution in [0.15, 0.2) is 24.3 Å². The molecule has 2 rings (SSSR count). The van der Waals surface area contributed by atoms with Gasteiger partial charge in [-0.2, -0.15) is 0 Å². The van der Waals surface area contributed by atoms with E-state index in [9.17, 15) is 4.39 Å². The predicted molar refractivity (Wildman–Crippen MR) is 74.7 cm³/mol. The molecule has 1 heterocycles. The highest BCUT2D eigenvalue weighted by Gasteiger charge is 2.22. The lowest BCUT2D eigenvalue weighted by atomic mass is 10.0. The van der Waals surface area contributed by atoms with Crippen LogP contribution < -0.4 is 5.32 Å². The molecule has 1 aromatic carbocycles. The summed E-state index contributed by atoms with van der Waals surface area (Å²) in [5.41, 5.74) is 1.16. The van der Waals surface area contributed by atoms with Crippen LogP contribution >= 0.6 is 0 Å². The average Bonchev–Trinajstić information content (AvgIpc) is 2.42. The lowest BCUT2D eigenvalue weighted by molar-refractivity contribution is 0.0158. The van der Waals surface area contributed by atoms with Crippen molar-refractivity contribution >= 4 is 0 Å². The SMILES string of the molecule is CC(C)NCC(c1ccc(F)cc1)N1CCOCC1. The number of ether oxygens (including phenoxy) is 1. The molecule has 0 saturated carbocycles. The van der Waals surface area contributed by atoms with Gasteiger partial charge in [0, 0.05) is 31.7 Å². The number of nitrogens with zero attached hydrogens (tertiary/aromatic N) is 1. The van der Waals surface area contributed by atoms with Gasteiger partial charge in [-0.05, 0) is 17.7 Å². The van der Waals surface area contributed by atoms with Crippen LogP contribution in [-0.4, -0.2) is 43.8 Å². The van der Waals surface area contributed by atoms with E-state index in [1.54, 1.807) is 0 Å². The monoisotopic (exact) mass is 266 g/mol. The summed E-state index contributed by atoms with van der Waals surface area (Å²) < 4.78 is 18.5. The van der Waals surface area contributed by atoms with E-state index in [1.165, 1.54) is 12.1 Å². The predicted octanol–water partition coefficient (Wildman–Crippen LogP) is 2.20. The van der Waals surface area contributed by atoms with E-state index in [0.717, 1.165) is 38.4 Å². The molecule has 0 radical (unpaired) electrons. The third-order valence-electron chi connectivity index (χ3n) is 3.46. The van der Waals surface area contributed by atoms with Crippen molar-refractivity contribution in [1.29, 1.82) is 0 Å². The molecule has 1 unspecified atom stereocenters. The highest BCUT2D eigenvalue weighted by Crippen LogP contribution is 2.21. The Morgan fingerprint density at radius 1 is 1.21 bits per heavy atom. The van der Waals surface area contributed by atoms with E-state index in [-0.39, 0.29) is 11.9 Å². The molecule has 1 N–H and O–H groups in total. The largest absolute Gasteiger partial charge is 0.379 e. The summed E-state index contributed by atoms with van der Waals surface area (Å²) in [6.45, 7) is 8.58. The molecule has 1 aliphatic rings. The molecule has 4 heteroatoms. The van der Waals surface area contributed by atoms with Crippen molar-refractivity contribution in [3.8, 4) is 0 Å². The quantitative estimate of drug-likeness (QED) is 0.884. The second-order valence-electron chi connectivity index (χ2n) is 5.28. The number of benzene rings is 1. The van der Waals surface area contributed by atoms with Gasteiger partial charge in [-0.1, -0.05) is 26.0 Å². The molecular weight excluding hydrogens is 243 g/mol. The maximum atomic E-state index is 13.1. The van der Waals surface area contributed by atoms with Gasteiger partial charge < -0.3 is 10.1 Å². The molecule has 1 aliphatic heterocycles. The van der Waals surface area contributed by atoms with Crippen LogP contribution in [0.1, 0.15) is 25.5 Å². The lowest BCUT2D eigenvalue weighted by Gasteiger charge is -2.35. The van der Waals surface area contributed by atoms with Gasteiger partial charge in [-0.15, -0.1) is 0 Å². The first-order valence-electron chi connectivity index (χ1n) is 6.97. The summed E-state index contributed by atoms with van der Waals surface area (Å²) >= 11 is 0. The van der Waals surface area contributed by atoms with E-state index < -0.39 is 0 Å². The van der Waals surface area contributed by atoms with Crippen molar-refractivity contribution < 1.29 is 9.13 Å². The number of rotatable bonds is 5. The van der Waals surface area contributed by atoms with E-state index >= 15 is 0 Å². The van der Waals surface area contributed by atoms with E-state index in [2.05, 4.69) is 24.1 Å². The summed E-state index contributed by atoms with van der Waals surface area (Å²) in [5, 5.41) is 3.48. The molecule has 106 valence electrons. The lowest BCUT2D eigenvalue weighted by Crippen LogP contribution is -2.43. The molecule has 1 atom stereocenters. The van der Waals surface area contributed by atoms with E-state index in [0.29, 0.717) is 6.04 Å². The van der Waals surface area contributed by atoms with Crippen LogP contribution in [0.25, 0.3) is 0 Å². The van der Waals surface area contributed by atoms with Gasteiger partial charge in [0.25, 0.3) is 0 Å². The molecule has 1 fully saturated rings. The van der Waals surface area contributed by atoms with Gasteiger partial charge in [0.2, 0.25) is 0 Å². The summed E-state index contributed by atoms with van der Waals surface area (Å²) in [4.78, 5) is 2.41. The Labute approximate surface area is 114 Å². The standard InChI is InChI=1S/C15H23FN2O/c1-12(2)17-11-15(18-7-9-19-10-8-18)13-3-5-14(16)6-4-13/h3-6,12,15,17H,7-11H2,1-2H3. The Kier molecular flexibility index (Phi) is 5.31. The Morgan fingerprint density at radius 3 is 2.42 bits per heavy atom. The summed E-state index contributed by atoms with van der Waals surface area (Å²) in [7, 11) is 0. The first kappa shape index (κ1) is 14.4. The third kappa shape index (κ3) is 4.27. The minimum atomic E-state index is -0.179. The van der Waals surface area contributed by atoms with Crippen LogP contribution in [-0.2, 0) is 4.74 Å². The van der Waals surface area contributed by atoms with Crippen molar-refractivity contribution in [2.24, 2.45) is 0 Å². The maximum Gasteiger partial charge on any atom is 0.123 e. The van der Waals surface area contributed by atoms with Gasteiger partial charge in [0.15, 0.2) is 0 Å². The zero-order valence-corrected chi connectivity index (χ0v) is 11.7. The summed E-state index contributed by atoms with van der Waals surface area (Å²) in [5.74, 6) is -0.179. The Bertz CT molecular complexity index is 374. The highest BCUT2D eigenvalue weighted by molar-refractivity contribution is 5.20. The van der Waals surface area contributed by atoms with E-state index in [4.69, 9.17) is 4.74 Å². The summed E-state index contributed by atoms with van der Waals surface area (Å²) in [6, 6.07) is 7.58. The molecule has 19 heavy (non-hydrogen) atoms. The van der Waals surface area contributed by atoms with Gasteiger partial charge in [-0.25, -0.2) is 4.39 Å². The minimum absolute atomic E-state index is 0.179. The van der Waals surface area contributed by atoms with Crippen molar-refractivity contribution in [2.45, 2.75) is 25.9 Å².